The number of amides is 1. The molecule has 110 valence electrons. The van der Waals surface area contributed by atoms with Gasteiger partial charge >= 0.3 is 0 Å². The van der Waals surface area contributed by atoms with E-state index in [2.05, 4.69) is 5.32 Å². The molecule has 0 aromatic heterocycles. The zero-order chi connectivity index (χ0) is 15.4. The minimum absolute atomic E-state index is 0.126. The highest BCUT2D eigenvalue weighted by atomic mass is 35.5. The molecule has 0 heterocycles. The standard InChI is InChI=1S/C15H11Cl4NO/c16-10-3-1-9(13(18)7-10)2-6-15(21)20-11-4-5-12(17)14(19)8-11/h1,3-5,7-8H,2,6H2,(H,20,21). The Morgan fingerprint density at radius 3 is 2.33 bits per heavy atom. The van der Waals surface area contributed by atoms with Crippen molar-refractivity contribution >= 4 is 58.0 Å². The fraction of sp³-hybridized carbons (Fsp3) is 0.133. The molecule has 2 aromatic rings. The molecule has 0 fully saturated rings. The summed E-state index contributed by atoms with van der Waals surface area (Å²) in [6, 6.07) is 10.2. The van der Waals surface area contributed by atoms with Crippen molar-refractivity contribution in [2.75, 3.05) is 5.32 Å². The molecule has 2 rings (SSSR count). The van der Waals surface area contributed by atoms with Crippen LogP contribution < -0.4 is 5.32 Å². The largest absolute Gasteiger partial charge is 0.326 e. The van der Waals surface area contributed by atoms with E-state index in [4.69, 9.17) is 46.4 Å². The van der Waals surface area contributed by atoms with Crippen LogP contribution in [0.25, 0.3) is 0 Å². The molecule has 1 amide bonds. The van der Waals surface area contributed by atoms with Gasteiger partial charge in [-0.15, -0.1) is 0 Å². The lowest BCUT2D eigenvalue weighted by molar-refractivity contribution is -0.116. The van der Waals surface area contributed by atoms with E-state index in [1.54, 1.807) is 30.3 Å². The number of hydrogen-bond acceptors (Lipinski definition) is 1. The predicted octanol–water partition coefficient (Wildman–Crippen LogP) is 5.87. The van der Waals surface area contributed by atoms with E-state index in [0.29, 0.717) is 38.6 Å². The van der Waals surface area contributed by atoms with Crippen molar-refractivity contribution < 1.29 is 4.79 Å². The summed E-state index contributed by atoms with van der Waals surface area (Å²) in [7, 11) is 0. The van der Waals surface area contributed by atoms with Gasteiger partial charge in [0.1, 0.15) is 0 Å². The summed E-state index contributed by atoms with van der Waals surface area (Å²) in [4.78, 5) is 11.9. The van der Waals surface area contributed by atoms with Gasteiger partial charge in [-0.3, -0.25) is 4.79 Å². The number of anilines is 1. The zero-order valence-corrected chi connectivity index (χ0v) is 13.8. The fourth-order valence-electron chi connectivity index (χ4n) is 1.77. The summed E-state index contributed by atoms with van der Waals surface area (Å²) in [6.45, 7) is 0. The van der Waals surface area contributed by atoms with Crippen LogP contribution in [-0.2, 0) is 11.2 Å². The third kappa shape index (κ3) is 4.79. The summed E-state index contributed by atoms with van der Waals surface area (Å²) in [6.07, 6.45) is 0.838. The highest BCUT2D eigenvalue weighted by Gasteiger charge is 2.07. The van der Waals surface area contributed by atoms with Crippen LogP contribution in [0.4, 0.5) is 5.69 Å². The third-order valence-corrected chi connectivity index (χ3v) is 4.17. The molecule has 2 nitrogen and oxygen atoms in total. The van der Waals surface area contributed by atoms with Crippen molar-refractivity contribution in [2.24, 2.45) is 0 Å². The van der Waals surface area contributed by atoms with Gasteiger partial charge in [0.15, 0.2) is 0 Å². The molecule has 2 aromatic carbocycles. The Balaban J connectivity index is 1.94. The van der Waals surface area contributed by atoms with Crippen molar-refractivity contribution in [1.29, 1.82) is 0 Å². The maximum atomic E-state index is 11.9. The Bertz CT molecular complexity index is 673. The lowest BCUT2D eigenvalue weighted by atomic mass is 10.1. The molecule has 0 atom stereocenters. The molecular weight excluding hydrogens is 352 g/mol. The zero-order valence-electron chi connectivity index (χ0n) is 10.8. The van der Waals surface area contributed by atoms with E-state index < -0.39 is 0 Å². The second-order valence-corrected chi connectivity index (χ2v) is 6.07. The highest BCUT2D eigenvalue weighted by Crippen LogP contribution is 2.25. The Morgan fingerprint density at radius 2 is 1.67 bits per heavy atom. The smallest absolute Gasteiger partial charge is 0.224 e. The van der Waals surface area contributed by atoms with E-state index in [1.807, 2.05) is 6.07 Å². The van der Waals surface area contributed by atoms with Crippen LogP contribution in [0.5, 0.6) is 0 Å². The van der Waals surface area contributed by atoms with Gasteiger partial charge in [-0.25, -0.2) is 0 Å². The number of halogens is 4. The number of carbonyl (C=O) groups is 1. The van der Waals surface area contributed by atoms with Crippen LogP contribution in [0, 0.1) is 0 Å². The fourth-order valence-corrected chi connectivity index (χ4v) is 2.57. The van der Waals surface area contributed by atoms with Crippen molar-refractivity contribution in [3.63, 3.8) is 0 Å². The van der Waals surface area contributed by atoms with E-state index in [-0.39, 0.29) is 5.91 Å². The van der Waals surface area contributed by atoms with Crippen molar-refractivity contribution in [1.82, 2.24) is 0 Å². The van der Waals surface area contributed by atoms with Gasteiger partial charge < -0.3 is 5.32 Å². The molecule has 0 spiro atoms. The lowest BCUT2D eigenvalue weighted by Gasteiger charge is -2.07. The first-order valence-electron chi connectivity index (χ1n) is 6.14. The van der Waals surface area contributed by atoms with Crippen molar-refractivity contribution in [3.05, 3.63) is 62.1 Å². The van der Waals surface area contributed by atoms with Gasteiger partial charge in [-0.2, -0.15) is 0 Å². The van der Waals surface area contributed by atoms with Crippen LogP contribution in [0.3, 0.4) is 0 Å². The topological polar surface area (TPSA) is 29.1 Å². The van der Waals surface area contributed by atoms with E-state index in [9.17, 15) is 4.79 Å². The molecule has 0 saturated carbocycles. The second-order valence-electron chi connectivity index (χ2n) is 4.41. The Kier molecular flexibility index (Phi) is 5.77. The summed E-state index contributed by atoms with van der Waals surface area (Å²) in [5.41, 5.74) is 1.49. The summed E-state index contributed by atoms with van der Waals surface area (Å²) >= 11 is 23.6. The van der Waals surface area contributed by atoms with Crippen LogP contribution in [0.15, 0.2) is 36.4 Å². The van der Waals surface area contributed by atoms with Gasteiger partial charge in [0.05, 0.1) is 10.0 Å². The molecule has 0 aliphatic rings. The quantitative estimate of drug-likeness (QED) is 0.723. The van der Waals surface area contributed by atoms with Crippen LogP contribution in [0.2, 0.25) is 20.1 Å². The predicted molar refractivity (Wildman–Crippen MR) is 89.9 cm³/mol. The van der Waals surface area contributed by atoms with Gasteiger partial charge in [0.25, 0.3) is 0 Å². The first kappa shape index (κ1) is 16.4. The average Bonchev–Trinajstić information content (AvgIpc) is 2.42. The molecule has 0 unspecified atom stereocenters. The maximum absolute atomic E-state index is 11.9. The van der Waals surface area contributed by atoms with Gasteiger partial charge in [-0.1, -0.05) is 52.5 Å². The minimum Gasteiger partial charge on any atom is -0.326 e. The van der Waals surface area contributed by atoms with Gasteiger partial charge in [0, 0.05) is 22.2 Å². The van der Waals surface area contributed by atoms with Gasteiger partial charge in [-0.05, 0) is 42.3 Å². The first-order chi connectivity index (χ1) is 9.95. The normalized spacial score (nSPS) is 10.5. The second kappa shape index (κ2) is 7.37. The molecule has 21 heavy (non-hydrogen) atoms. The summed E-state index contributed by atoms with van der Waals surface area (Å²) in [5, 5.41) is 4.74. The van der Waals surface area contributed by atoms with E-state index >= 15 is 0 Å². The number of nitrogens with one attached hydrogen (secondary N) is 1. The number of hydrogen-bond donors (Lipinski definition) is 1. The summed E-state index contributed by atoms with van der Waals surface area (Å²) in [5.74, 6) is -0.126. The molecule has 0 radical (unpaired) electrons. The number of carbonyl (C=O) groups excluding carboxylic acids is 1. The number of benzene rings is 2. The van der Waals surface area contributed by atoms with E-state index in [0.717, 1.165) is 5.56 Å². The van der Waals surface area contributed by atoms with Crippen molar-refractivity contribution in [3.8, 4) is 0 Å². The maximum Gasteiger partial charge on any atom is 0.224 e. The SMILES string of the molecule is O=C(CCc1ccc(Cl)cc1Cl)Nc1ccc(Cl)c(Cl)c1. The van der Waals surface area contributed by atoms with Gasteiger partial charge in [0.2, 0.25) is 5.91 Å². The third-order valence-electron chi connectivity index (χ3n) is 2.84. The molecular formula is C15H11Cl4NO. The highest BCUT2D eigenvalue weighted by molar-refractivity contribution is 6.42. The molecule has 6 heteroatoms. The molecule has 1 N–H and O–H groups in total. The molecule has 0 saturated heterocycles. The van der Waals surface area contributed by atoms with Crippen LogP contribution in [0.1, 0.15) is 12.0 Å². The monoisotopic (exact) mass is 361 g/mol. The Labute approximate surface area is 143 Å². The Hall–Kier alpha value is -0.930. The van der Waals surface area contributed by atoms with Crippen LogP contribution in [-0.4, -0.2) is 5.91 Å². The van der Waals surface area contributed by atoms with Crippen LogP contribution >= 0.6 is 46.4 Å². The molecule has 0 aliphatic heterocycles. The Morgan fingerprint density at radius 1 is 0.905 bits per heavy atom. The first-order valence-corrected chi connectivity index (χ1v) is 7.66. The van der Waals surface area contributed by atoms with E-state index in [1.165, 1.54) is 0 Å². The number of aryl methyl sites for hydroxylation is 1. The molecule has 0 aliphatic carbocycles. The number of rotatable bonds is 4. The average molecular weight is 363 g/mol. The van der Waals surface area contributed by atoms with Crippen molar-refractivity contribution in [2.45, 2.75) is 12.8 Å². The summed E-state index contributed by atoms with van der Waals surface area (Å²) < 4.78 is 0. The lowest BCUT2D eigenvalue weighted by Crippen LogP contribution is -2.12. The molecule has 0 bridgehead atoms. The minimum atomic E-state index is -0.126.